The smallest absolute Gasteiger partial charge is 0.373 e. The van der Waals surface area contributed by atoms with Gasteiger partial charge in [0, 0.05) is 23.6 Å². The van der Waals surface area contributed by atoms with E-state index in [0.717, 1.165) is 0 Å². The van der Waals surface area contributed by atoms with Crippen molar-refractivity contribution in [3.8, 4) is 6.07 Å². The fourth-order valence-electron chi connectivity index (χ4n) is 0.878. The number of hydrogen-bond acceptors (Lipinski definition) is 7. The molecule has 8 heteroatoms. The summed E-state index contributed by atoms with van der Waals surface area (Å²) in [6.07, 6.45) is 0.209. The van der Waals surface area contributed by atoms with Crippen LogP contribution in [0.1, 0.15) is 48.0 Å². The molecule has 0 aliphatic rings. The first-order chi connectivity index (χ1) is 9.31. The van der Waals surface area contributed by atoms with Crippen LogP contribution in [0.15, 0.2) is 15.5 Å². The summed E-state index contributed by atoms with van der Waals surface area (Å²) in [6.45, 7) is 10.7. The molecule has 0 fully saturated rings. The SMILES string of the molecule is CC(C)=NO[Si](CCC#N)(ON=C(C)C)ON=C(C)C. The third-order valence-corrected chi connectivity index (χ3v) is 3.62. The van der Waals surface area contributed by atoms with Crippen LogP contribution in [0.5, 0.6) is 0 Å². The Kier molecular flexibility index (Phi) is 8.23. The van der Waals surface area contributed by atoms with E-state index >= 15 is 0 Å². The molecular weight excluding hydrogens is 276 g/mol. The summed E-state index contributed by atoms with van der Waals surface area (Å²) in [4.78, 5) is 0. The zero-order valence-electron chi connectivity index (χ0n) is 12.9. The molecule has 0 rings (SSSR count). The van der Waals surface area contributed by atoms with Crippen molar-refractivity contribution in [3.05, 3.63) is 0 Å². The monoisotopic (exact) mass is 298 g/mol. The molecule has 20 heavy (non-hydrogen) atoms. The summed E-state index contributed by atoms with van der Waals surface area (Å²) < 4.78 is 16.2. The van der Waals surface area contributed by atoms with Crippen LogP contribution >= 0.6 is 0 Å². The van der Waals surface area contributed by atoms with E-state index in [1.54, 1.807) is 41.5 Å². The van der Waals surface area contributed by atoms with Crippen LogP contribution in [0.3, 0.4) is 0 Å². The van der Waals surface area contributed by atoms with Gasteiger partial charge in [0.05, 0.1) is 12.1 Å². The van der Waals surface area contributed by atoms with Gasteiger partial charge in [-0.2, -0.15) is 5.26 Å². The van der Waals surface area contributed by atoms with Gasteiger partial charge in [-0.15, -0.1) is 15.5 Å². The zero-order valence-corrected chi connectivity index (χ0v) is 13.9. The van der Waals surface area contributed by atoms with Gasteiger partial charge in [-0.25, -0.2) is 0 Å². The van der Waals surface area contributed by atoms with E-state index in [9.17, 15) is 0 Å². The van der Waals surface area contributed by atoms with Crippen molar-refractivity contribution in [1.29, 1.82) is 5.26 Å². The molecule has 0 aromatic heterocycles. The highest BCUT2D eigenvalue weighted by atomic mass is 28.4. The average Bonchev–Trinajstić information content (AvgIpc) is 2.36. The van der Waals surface area contributed by atoms with E-state index in [4.69, 9.17) is 18.8 Å². The molecule has 0 saturated heterocycles. The fourth-order valence-corrected chi connectivity index (χ4v) is 2.64. The normalized spacial score (nSPS) is 9.85. The predicted octanol–water partition coefficient (Wildman–Crippen LogP) is 3.08. The predicted molar refractivity (Wildman–Crippen MR) is 80.4 cm³/mol. The maximum Gasteiger partial charge on any atom is 0.763 e. The van der Waals surface area contributed by atoms with E-state index < -0.39 is 8.80 Å². The van der Waals surface area contributed by atoms with E-state index in [0.29, 0.717) is 17.1 Å². The third kappa shape index (κ3) is 8.26. The highest BCUT2D eigenvalue weighted by molar-refractivity contribution is 6.60. The lowest BCUT2D eigenvalue weighted by Crippen LogP contribution is -2.42. The standard InChI is InChI=1S/C12H22N4O3Si/c1-10(2)14-17-20(9-7-8-13,18-15-11(3)4)19-16-12(5)6/h7,9H2,1-6H3. The fraction of sp³-hybridized carbons (Fsp3) is 0.667. The van der Waals surface area contributed by atoms with Gasteiger partial charge in [-0.3, -0.25) is 0 Å². The lowest BCUT2D eigenvalue weighted by Gasteiger charge is -2.21. The van der Waals surface area contributed by atoms with Crippen molar-refractivity contribution in [2.24, 2.45) is 15.5 Å². The van der Waals surface area contributed by atoms with Gasteiger partial charge in [0.25, 0.3) is 0 Å². The zero-order chi connectivity index (χ0) is 15.6. The Morgan fingerprint density at radius 3 is 1.45 bits per heavy atom. The summed E-state index contributed by atoms with van der Waals surface area (Å²) in [5.74, 6) is 0. The lowest BCUT2D eigenvalue weighted by atomic mass is 10.5. The Balaban J connectivity index is 5.25. The molecule has 0 aromatic carbocycles. The van der Waals surface area contributed by atoms with Gasteiger partial charge in [0.1, 0.15) is 0 Å². The Hall–Kier alpha value is -1.88. The largest absolute Gasteiger partial charge is 0.763 e. The highest BCUT2D eigenvalue weighted by Gasteiger charge is 2.51. The summed E-state index contributed by atoms with van der Waals surface area (Å²) in [7, 11) is -3.29. The second kappa shape index (κ2) is 9.09. The van der Waals surface area contributed by atoms with Crippen LogP contribution in [0, 0.1) is 11.3 Å². The molecule has 0 amide bonds. The van der Waals surface area contributed by atoms with Crippen molar-refractivity contribution in [2.75, 3.05) is 0 Å². The summed E-state index contributed by atoms with van der Waals surface area (Å²) >= 11 is 0. The van der Waals surface area contributed by atoms with Crippen LogP contribution in [-0.2, 0) is 13.6 Å². The van der Waals surface area contributed by atoms with E-state index in [-0.39, 0.29) is 12.5 Å². The van der Waals surface area contributed by atoms with Crippen LogP contribution in [0.2, 0.25) is 6.04 Å². The molecule has 0 saturated carbocycles. The van der Waals surface area contributed by atoms with Gasteiger partial charge < -0.3 is 13.6 Å². The number of oxime groups is 3. The second-order valence-electron chi connectivity index (χ2n) is 4.73. The minimum atomic E-state index is -3.29. The minimum absolute atomic E-state index is 0.209. The van der Waals surface area contributed by atoms with Gasteiger partial charge >= 0.3 is 8.80 Å². The molecule has 7 nitrogen and oxygen atoms in total. The molecule has 0 radical (unpaired) electrons. The molecule has 0 aromatic rings. The topological polar surface area (TPSA) is 88.6 Å². The van der Waals surface area contributed by atoms with E-state index in [1.165, 1.54) is 0 Å². The van der Waals surface area contributed by atoms with Gasteiger partial charge in [0.2, 0.25) is 0 Å². The summed E-state index contributed by atoms with van der Waals surface area (Å²) in [5, 5.41) is 20.4. The van der Waals surface area contributed by atoms with Crippen molar-refractivity contribution in [1.82, 2.24) is 0 Å². The Bertz CT molecular complexity index is 378. The Labute approximate surface area is 121 Å². The van der Waals surface area contributed by atoms with Gasteiger partial charge in [-0.05, 0) is 41.5 Å². The summed E-state index contributed by atoms with van der Waals surface area (Å²) in [5.41, 5.74) is 2.13. The first-order valence-corrected chi connectivity index (χ1v) is 8.19. The number of nitriles is 1. The molecule has 0 unspecified atom stereocenters. The highest BCUT2D eigenvalue weighted by Crippen LogP contribution is 2.20. The molecule has 0 bridgehead atoms. The van der Waals surface area contributed by atoms with Crippen molar-refractivity contribution < 1.29 is 13.6 Å². The first kappa shape index (κ1) is 18.1. The molecule has 0 heterocycles. The maximum atomic E-state index is 8.76. The van der Waals surface area contributed by atoms with Crippen molar-refractivity contribution in [2.45, 2.75) is 54.0 Å². The molecule has 112 valence electrons. The number of hydrogen-bond donors (Lipinski definition) is 0. The number of rotatable bonds is 8. The molecular formula is C12H22N4O3Si. The molecule has 0 N–H and O–H groups in total. The van der Waals surface area contributed by atoms with Gasteiger partial charge in [0.15, 0.2) is 0 Å². The quantitative estimate of drug-likeness (QED) is 0.391. The third-order valence-electron chi connectivity index (χ3n) is 1.64. The van der Waals surface area contributed by atoms with Gasteiger partial charge in [-0.1, -0.05) is 0 Å². The van der Waals surface area contributed by atoms with Crippen LogP contribution in [-0.4, -0.2) is 25.9 Å². The minimum Gasteiger partial charge on any atom is -0.373 e. The van der Waals surface area contributed by atoms with Crippen molar-refractivity contribution >= 4 is 25.9 Å². The second-order valence-corrected chi connectivity index (χ2v) is 7.14. The van der Waals surface area contributed by atoms with Crippen LogP contribution in [0.25, 0.3) is 0 Å². The van der Waals surface area contributed by atoms with Crippen LogP contribution < -0.4 is 0 Å². The van der Waals surface area contributed by atoms with Crippen LogP contribution in [0.4, 0.5) is 0 Å². The molecule has 0 spiro atoms. The van der Waals surface area contributed by atoms with Crippen molar-refractivity contribution in [3.63, 3.8) is 0 Å². The number of nitrogens with zero attached hydrogens (tertiary/aromatic N) is 4. The molecule has 0 atom stereocenters. The lowest BCUT2D eigenvalue weighted by molar-refractivity contribution is 0.0661. The maximum absolute atomic E-state index is 8.76. The molecule has 0 aliphatic heterocycles. The Morgan fingerprint density at radius 2 is 1.20 bits per heavy atom. The first-order valence-electron chi connectivity index (χ1n) is 6.26. The summed E-state index contributed by atoms with van der Waals surface area (Å²) in [6, 6.07) is 2.29. The average molecular weight is 298 g/mol. The Morgan fingerprint density at radius 1 is 0.850 bits per heavy atom. The van der Waals surface area contributed by atoms with E-state index in [1.807, 2.05) is 6.07 Å². The van der Waals surface area contributed by atoms with E-state index in [2.05, 4.69) is 15.5 Å². The molecule has 0 aliphatic carbocycles.